The summed E-state index contributed by atoms with van der Waals surface area (Å²) >= 11 is 0. The Morgan fingerprint density at radius 2 is 2.05 bits per heavy atom. The molecule has 1 N–H and O–H groups in total. The first kappa shape index (κ1) is 17.2. The monoisotopic (exact) mass is 296 g/mol. The standard InChI is InChI=1S/C15H24N2O4/c1-5-20-15(19)10-17(11(2)3)9-14(18)16-12(4)13-7-6-8-21-13/h6-8,11-12H,5,9-10H2,1-4H3,(H,16,18). The summed E-state index contributed by atoms with van der Waals surface area (Å²) < 4.78 is 10.2. The Kier molecular flexibility index (Phi) is 6.94. The predicted molar refractivity (Wildman–Crippen MR) is 78.6 cm³/mol. The highest BCUT2D eigenvalue weighted by molar-refractivity contribution is 5.79. The maximum atomic E-state index is 12.1. The number of ether oxygens (including phenoxy) is 1. The Balaban J connectivity index is 2.50. The van der Waals surface area contributed by atoms with Crippen LogP contribution >= 0.6 is 0 Å². The van der Waals surface area contributed by atoms with E-state index in [0.29, 0.717) is 12.4 Å². The number of amides is 1. The zero-order valence-corrected chi connectivity index (χ0v) is 13.1. The largest absolute Gasteiger partial charge is 0.467 e. The van der Waals surface area contributed by atoms with E-state index in [1.807, 2.05) is 26.8 Å². The molecule has 21 heavy (non-hydrogen) atoms. The highest BCUT2D eigenvalue weighted by Crippen LogP contribution is 2.12. The molecule has 1 aromatic heterocycles. The zero-order valence-electron chi connectivity index (χ0n) is 13.1. The third kappa shape index (κ3) is 5.99. The molecular formula is C15H24N2O4. The molecule has 0 bridgehead atoms. The summed E-state index contributed by atoms with van der Waals surface area (Å²) in [5.41, 5.74) is 0. The molecule has 0 aromatic carbocycles. The van der Waals surface area contributed by atoms with Crippen molar-refractivity contribution in [3.05, 3.63) is 24.2 Å². The minimum absolute atomic E-state index is 0.0686. The lowest BCUT2D eigenvalue weighted by Gasteiger charge is -2.25. The highest BCUT2D eigenvalue weighted by atomic mass is 16.5. The smallest absolute Gasteiger partial charge is 0.320 e. The predicted octanol–water partition coefficient (Wildman–Crippen LogP) is 1.73. The van der Waals surface area contributed by atoms with E-state index in [-0.39, 0.29) is 37.0 Å². The average molecular weight is 296 g/mol. The minimum Gasteiger partial charge on any atom is -0.467 e. The van der Waals surface area contributed by atoms with Crippen molar-refractivity contribution in [2.24, 2.45) is 0 Å². The molecular weight excluding hydrogens is 272 g/mol. The molecule has 6 heteroatoms. The molecule has 1 aromatic rings. The molecule has 0 saturated heterocycles. The van der Waals surface area contributed by atoms with Crippen LogP contribution in [0, 0.1) is 0 Å². The average Bonchev–Trinajstić information content (AvgIpc) is 2.91. The fourth-order valence-corrected chi connectivity index (χ4v) is 1.87. The summed E-state index contributed by atoms with van der Waals surface area (Å²) in [4.78, 5) is 25.4. The number of nitrogens with one attached hydrogen (secondary N) is 1. The first-order chi connectivity index (χ1) is 9.93. The van der Waals surface area contributed by atoms with E-state index in [9.17, 15) is 9.59 Å². The van der Waals surface area contributed by atoms with Gasteiger partial charge in [0.1, 0.15) is 5.76 Å². The van der Waals surface area contributed by atoms with Crippen LogP contribution in [-0.4, -0.2) is 42.5 Å². The van der Waals surface area contributed by atoms with E-state index >= 15 is 0 Å². The first-order valence-electron chi connectivity index (χ1n) is 7.16. The molecule has 1 atom stereocenters. The Morgan fingerprint density at radius 1 is 1.33 bits per heavy atom. The third-order valence-corrected chi connectivity index (χ3v) is 3.06. The van der Waals surface area contributed by atoms with Gasteiger partial charge in [-0.25, -0.2) is 0 Å². The Labute approximate surface area is 125 Å². The molecule has 0 radical (unpaired) electrons. The SMILES string of the molecule is CCOC(=O)CN(CC(=O)NC(C)c1ccco1)C(C)C. The lowest BCUT2D eigenvalue weighted by molar-refractivity contribution is -0.145. The van der Waals surface area contributed by atoms with Gasteiger partial charge >= 0.3 is 5.97 Å². The van der Waals surface area contributed by atoms with Gasteiger partial charge < -0.3 is 14.5 Å². The number of rotatable bonds is 8. The van der Waals surface area contributed by atoms with Crippen molar-refractivity contribution in [1.29, 1.82) is 0 Å². The number of hydrogen-bond acceptors (Lipinski definition) is 5. The number of carbonyl (C=O) groups excluding carboxylic acids is 2. The van der Waals surface area contributed by atoms with Crippen LogP contribution in [0.3, 0.4) is 0 Å². The van der Waals surface area contributed by atoms with Crippen LogP contribution in [0.15, 0.2) is 22.8 Å². The summed E-state index contributed by atoms with van der Waals surface area (Å²) in [6.45, 7) is 8.06. The lowest BCUT2D eigenvalue weighted by atomic mass is 10.2. The second-order valence-electron chi connectivity index (χ2n) is 5.11. The first-order valence-corrected chi connectivity index (χ1v) is 7.16. The van der Waals surface area contributed by atoms with Gasteiger partial charge in [0.2, 0.25) is 5.91 Å². The molecule has 0 aliphatic heterocycles. The number of esters is 1. The number of nitrogens with zero attached hydrogens (tertiary/aromatic N) is 1. The molecule has 1 amide bonds. The Hall–Kier alpha value is -1.82. The molecule has 118 valence electrons. The van der Waals surface area contributed by atoms with E-state index < -0.39 is 0 Å². The second-order valence-corrected chi connectivity index (χ2v) is 5.11. The zero-order chi connectivity index (χ0) is 15.8. The molecule has 1 rings (SSSR count). The van der Waals surface area contributed by atoms with Crippen LogP contribution in [0.1, 0.15) is 39.5 Å². The van der Waals surface area contributed by atoms with Crippen LogP contribution in [-0.2, 0) is 14.3 Å². The van der Waals surface area contributed by atoms with Gasteiger partial charge in [0.05, 0.1) is 32.0 Å². The van der Waals surface area contributed by atoms with E-state index in [0.717, 1.165) is 0 Å². The molecule has 0 aliphatic rings. The van der Waals surface area contributed by atoms with Crippen molar-refractivity contribution in [2.45, 2.75) is 39.8 Å². The van der Waals surface area contributed by atoms with Crippen molar-refractivity contribution >= 4 is 11.9 Å². The van der Waals surface area contributed by atoms with Crippen molar-refractivity contribution < 1.29 is 18.7 Å². The molecule has 0 spiro atoms. The second kappa shape index (κ2) is 8.46. The van der Waals surface area contributed by atoms with Gasteiger partial charge in [0.25, 0.3) is 0 Å². The summed E-state index contributed by atoms with van der Waals surface area (Å²) in [5.74, 6) is 0.222. The highest BCUT2D eigenvalue weighted by Gasteiger charge is 2.19. The molecule has 0 fully saturated rings. The third-order valence-electron chi connectivity index (χ3n) is 3.06. The van der Waals surface area contributed by atoms with Crippen molar-refractivity contribution in [3.8, 4) is 0 Å². The van der Waals surface area contributed by atoms with Crippen molar-refractivity contribution in [2.75, 3.05) is 19.7 Å². The molecule has 0 saturated carbocycles. The minimum atomic E-state index is -0.321. The van der Waals surface area contributed by atoms with Crippen LogP contribution < -0.4 is 5.32 Å². The van der Waals surface area contributed by atoms with Gasteiger partial charge in [-0.2, -0.15) is 0 Å². The fourth-order valence-electron chi connectivity index (χ4n) is 1.87. The Bertz CT molecular complexity index is 443. The summed E-state index contributed by atoms with van der Waals surface area (Å²) in [5, 5.41) is 2.85. The van der Waals surface area contributed by atoms with Gasteiger partial charge in [0, 0.05) is 6.04 Å². The number of hydrogen-bond donors (Lipinski definition) is 1. The van der Waals surface area contributed by atoms with Crippen LogP contribution in [0.2, 0.25) is 0 Å². The van der Waals surface area contributed by atoms with E-state index in [4.69, 9.17) is 9.15 Å². The lowest BCUT2D eigenvalue weighted by Crippen LogP contribution is -2.44. The summed E-state index contributed by atoms with van der Waals surface area (Å²) in [7, 11) is 0. The van der Waals surface area contributed by atoms with Crippen LogP contribution in [0.25, 0.3) is 0 Å². The molecule has 0 aliphatic carbocycles. The van der Waals surface area contributed by atoms with Crippen LogP contribution in [0.5, 0.6) is 0 Å². The van der Waals surface area contributed by atoms with Crippen molar-refractivity contribution in [3.63, 3.8) is 0 Å². The molecule has 1 heterocycles. The van der Waals surface area contributed by atoms with Gasteiger partial charge in [-0.1, -0.05) is 0 Å². The van der Waals surface area contributed by atoms with Crippen molar-refractivity contribution in [1.82, 2.24) is 10.2 Å². The summed E-state index contributed by atoms with van der Waals surface area (Å²) in [6.07, 6.45) is 1.57. The topological polar surface area (TPSA) is 71.8 Å². The van der Waals surface area contributed by atoms with Crippen LogP contribution in [0.4, 0.5) is 0 Å². The maximum absolute atomic E-state index is 12.1. The molecule has 6 nitrogen and oxygen atoms in total. The fraction of sp³-hybridized carbons (Fsp3) is 0.600. The van der Waals surface area contributed by atoms with Gasteiger partial charge in [0.15, 0.2) is 0 Å². The number of furan rings is 1. The van der Waals surface area contributed by atoms with Gasteiger partial charge in [-0.15, -0.1) is 0 Å². The maximum Gasteiger partial charge on any atom is 0.320 e. The normalized spacial score (nSPS) is 12.5. The van der Waals surface area contributed by atoms with E-state index in [1.54, 1.807) is 24.2 Å². The Morgan fingerprint density at radius 3 is 2.57 bits per heavy atom. The number of carbonyl (C=O) groups is 2. The quantitative estimate of drug-likeness (QED) is 0.740. The summed E-state index contributed by atoms with van der Waals surface area (Å²) in [6, 6.07) is 3.45. The van der Waals surface area contributed by atoms with Gasteiger partial charge in [-0.05, 0) is 39.8 Å². The molecule has 1 unspecified atom stereocenters. The van der Waals surface area contributed by atoms with E-state index in [2.05, 4.69) is 5.32 Å². The van der Waals surface area contributed by atoms with Gasteiger partial charge in [-0.3, -0.25) is 14.5 Å². The van der Waals surface area contributed by atoms with E-state index in [1.165, 1.54) is 0 Å².